The van der Waals surface area contributed by atoms with Crippen molar-refractivity contribution >= 4 is 5.96 Å². The van der Waals surface area contributed by atoms with Crippen LogP contribution in [0, 0.1) is 5.82 Å². The van der Waals surface area contributed by atoms with Gasteiger partial charge in [-0.2, -0.15) is 0 Å². The van der Waals surface area contributed by atoms with Crippen LogP contribution < -0.4 is 10.6 Å². The van der Waals surface area contributed by atoms with Gasteiger partial charge in [0.05, 0.1) is 12.6 Å². The number of rotatable bonds is 5. The van der Waals surface area contributed by atoms with Gasteiger partial charge in [-0.15, -0.1) is 0 Å². The Morgan fingerprint density at radius 1 is 1.33 bits per heavy atom. The minimum atomic E-state index is -0.734. The molecule has 2 rings (SSSR count). The van der Waals surface area contributed by atoms with E-state index in [0.29, 0.717) is 17.6 Å². The minimum absolute atomic E-state index is 0.237. The Morgan fingerprint density at radius 3 is 2.62 bits per heavy atom. The molecule has 0 radical (unpaired) electrons. The number of nitrogens with zero attached hydrogens (tertiary/aromatic N) is 1. The molecule has 0 aliphatic heterocycles. The molecule has 1 atom stereocenters. The molecule has 0 saturated heterocycles. The molecule has 0 aromatic heterocycles. The first-order valence-corrected chi connectivity index (χ1v) is 7.32. The number of hydrogen-bond donors (Lipinski definition) is 3. The molecule has 1 aromatic rings. The van der Waals surface area contributed by atoms with E-state index >= 15 is 0 Å². The van der Waals surface area contributed by atoms with Crippen LogP contribution in [0.2, 0.25) is 0 Å². The van der Waals surface area contributed by atoms with Crippen molar-refractivity contribution in [1.29, 1.82) is 0 Å². The van der Waals surface area contributed by atoms with Crippen molar-refractivity contribution in [1.82, 2.24) is 10.6 Å². The van der Waals surface area contributed by atoms with Gasteiger partial charge in [0.15, 0.2) is 5.96 Å². The molecular formula is C16H22FN3O. The van der Waals surface area contributed by atoms with Crippen LogP contribution in [0.3, 0.4) is 0 Å². The molecule has 0 fully saturated rings. The standard InChI is InChI=1S/C16H22FN3O/c1-2-18-16(20-14-5-3-4-6-14)19-11-15(21)12-7-9-13(17)10-8-12/h3-4,7-10,14-15,21H,2,5-6,11H2,1H3,(H2,18,19,20). The summed E-state index contributed by atoms with van der Waals surface area (Å²) in [6.07, 6.45) is 5.54. The summed E-state index contributed by atoms with van der Waals surface area (Å²) in [5.74, 6) is 0.394. The van der Waals surface area contributed by atoms with Crippen molar-refractivity contribution in [2.24, 2.45) is 4.99 Å². The Balaban J connectivity index is 1.92. The minimum Gasteiger partial charge on any atom is -0.386 e. The number of benzene rings is 1. The Labute approximate surface area is 124 Å². The third kappa shape index (κ3) is 4.86. The number of aliphatic hydroxyl groups is 1. The quantitative estimate of drug-likeness (QED) is 0.442. The maximum absolute atomic E-state index is 12.9. The maximum Gasteiger partial charge on any atom is 0.191 e. The van der Waals surface area contributed by atoms with Crippen molar-refractivity contribution in [2.75, 3.05) is 13.1 Å². The van der Waals surface area contributed by atoms with Crippen LogP contribution in [0.4, 0.5) is 4.39 Å². The first-order valence-electron chi connectivity index (χ1n) is 7.32. The Morgan fingerprint density at radius 2 is 2.00 bits per heavy atom. The fourth-order valence-electron chi connectivity index (χ4n) is 2.22. The van der Waals surface area contributed by atoms with Gasteiger partial charge in [-0.3, -0.25) is 4.99 Å². The Kier molecular flexibility index (Phi) is 5.75. The summed E-state index contributed by atoms with van der Waals surface area (Å²) in [6, 6.07) is 6.21. The zero-order valence-electron chi connectivity index (χ0n) is 12.2. The SMILES string of the molecule is CCNC(=NCC(O)c1ccc(F)cc1)NC1CC=CC1. The second kappa shape index (κ2) is 7.78. The summed E-state index contributed by atoms with van der Waals surface area (Å²) in [7, 11) is 0. The zero-order chi connectivity index (χ0) is 15.1. The molecule has 0 heterocycles. The molecular weight excluding hydrogens is 269 g/mol. The number of guanidine groups is 1. The molecule has 0 amide bonds. The first kappa shape index (κ1) is 15.5. The Bertz CT molecular complexity index is 491. The highest BCUT2D eigenvalue weighted by Crippen LogP contribution is 2.14. The number of halogens is 1. The molecule has 0 spiro atoms. The van der Waals surface area contributed by atoms with Crippen LogP contribution in [0.15, 0.2) is 41.4 Å². The van der Waals surface area contributed by atoms with Crippen LogP contribution in [-0.2, 0) is 0 Å². The fraction of sp³-hybridized carbons (Fsp3) is 0.438. The number of hydrogen-bond acceptors (Lipinski definition) is 2. The van der Waals surface area contributed by atoms with Crippen molar-refractivity contribution in [3.63, 3.8) is 0 Å². The van der Waals surface area contributed by atoms with Crippen molar-refractivity contribution in [2.45, 2.75) is 31.9 Å². The van der Waals surface area contributed by atoms with E-state index in [1.807, 2.05) is 6.92 Å². The van der Waals surface area contributed by atoms with Crippen LogP contribution in [0.25, 0.3) is 0 Å². The molecule has 3 N–H and O–H groups in total. The van der Waals surface area contributed by atoms with E-state index in [1.165, 1.54) is 12.1 Å². The lowest BCUT2D eigenvalue weighted by Gasteiger charge is -2.17. The lowest BCUT2D eigenvalue weighted by molar-refractivity contribution is 0.187. The molecule has 1 aromatic carbocycles. The highest BCUT2D eigenvalue weighted by Gasteiger charge is 2.12. The summed E-state index contributed by atoms with van der Waals surface area (Å²) >= 11 is 0. The summed E-state index contributed by atoms with van der Waals surface area (Å²) in [6.45, 7) is 3.00. The fourth-order valence-corrected chi connectivity index (χ4v) is 2.22. The molecule has 21 heavy (non-hydrogen) atoms. The monoisotopic (exact) mass is 291 g/mol. The molecule has 4 nitrogen and oxygen atoms in total. The van der Waals surface area contributed by atoms with Gasteiger partial charge >= 0.3 is 0 Å². The van der Waals surface area contributed by atoms with Crippen LogP contribution in [0.5, 0.6) is 0 Å². The summed E-state index contributed by atoms with van der Waals surface area (Å²) in [4.78, 5) is 4.40. The summed E-state index contributed by atoms with van der Waals surface area (Å²) in [5, 5.41) is 16.6. The Hall–Kier alpha value is -1.88. The van der Waals surface area contributed by atoms with E-state index in [4.69, 9.17) is 0 Å². The molecule has 0 saturated carbocycles. The normalized spacial score (nSPS) is 17.0. The zero-order valence-corrected chi connectivity index (χ0v) is 12.2. The maximum atomic E-state index is 12.9. The van der Waals surface area contributed by atoms with Crippen molar-refractivity contribution < 1.29 is 9.50 Å². The highest BCUT2D eigenvalue weighted by atomic mass is 19.1. The molecule has 1 aliphatic carbocycles. The van der Waals surface area contributed by atoms with Gasteiger partial charge < -0.3 is 15.7 Å². The van der Waals surface area contributed by atoms with E-state index in [2.05, 4.69) is 27.8 Å². The molecule has 1 unspecified atom stereocenters. The lowest BCUT2D eigenvalue weighted by atomic mass is 10.1. The van der Waals surface area contributed by atoms with Crippen molar-refractivity contribution in [3.8, 4) is 0 Å². The van der Waals surface area contributed by atoms with Crippen LogP contribution in [-0.4, -0.2) is 30.2 Å². The van der Waals surface area contributed by atoms with E-state index in [0.717, 1.165) is 19.4 Å². The van der Waals surface area contributed by atoms with Gasteiger partial charge in [-0.25, -0.2) is 4.39 Å². The second-order valence-corrected chi connectivity index (χ2v) is 5.07. The van der Waals surface area contributed by atoms with E-state index in [-0.39, 0.29) is 12.4 Å². The van der Waals surface area contributed by atoms with Gasteiger partial charge in [0.1, 0.15) is 5.82 Å². The predicted molar refractivity (Wildman–Crippen MR) is 82.6 cm³/mol. The summed E-state index contributed by atoms with van der Waals surface area (Å²) in [5.41, 5.74) is 0.665. The number of aliphatic imine (C=N–C) groups is 1. The van der Waals surface area contributed by atoms with Crippen LogP contribution >= 0.6 is 0 Å². The summed E-state index contributed by atoms with van der Waals surface area (Å²) < 4.78 is 12.9. The second-order valence-electron chi connectivity index (χ2n) is 5.07. The lowest BCUT2D eigenvalue weighted by Crippen LogP contribution is -2.42. The van der Waals surface area contributed by atoms with E-state index < -0.39 is 6.10 Å². The van der Waals surface area contributed by atoms with E-state index in [9.17, 15) is 9.50 Å². The molecule has 114 valence electrons. The molecule has 5 heteroatoms. The predicted octanol–water partition coefficient (Wildman–Crippen LogP) is 2.13. The van der Waals surface area contributed by atoms with Gasteiger partial charge in [0.25, 0.3) is 0 Å². The van der Waals surface area contributed by atoms with Gasteiger partial charge in [0.2, 0.25) is 0 Å². The highest BCUT2D eigenvalue weighted by molar-refractivity contribution is 5.80. The third-order valence-electron chi connectivity index (χ3n) is 3.37. The molecule has 1 aliphatic rings. The third-order valence-corrected chi connectivity index (χ3v) is 3.37. The average molecular weight is 291 g/mol. The first-order chi connectivity index (χ1) is 10.2. The van der Waals surface area contributed by atoms with Gasteiger partial charge in [-0.05, 0) is 37.5 Å². The van der Waals surface area contributed by atoms with Gasteiger partial charge in [-0.1, -0.05) is 24.3 Å². The van der Waals surface area contributed by atoms with Crippen LogP contribution in [0.1, 0.15) is 31.4 Å². The average Bonchev–Trinajstić information content (AvgIpc) is 2.98. The number of aliphatic hydroxyl groups excluding tert-OH is 1. The smallest absolute Gasteiger partial charge is 0.191 e. The molecule has 0 bridgehead atoms. The topological polar surface area (TPSA) is 56.7 Å². The van der Waals surface area contributed by atoms with Crippen molar-refractivity contribution in [3.05, 3.63) is 47.8 Å². The largest absolute Gasteiger partial charge is 0.386 e. The number of nitrogens with one attached hydrogen (secondary N) is 2. The van der Waals surface area contributed by atoms with E-state index in [1.54, 1.807) is 12.1 Å². The van der Waals surface area contributed by atoms with Gasteiger partial charge in [0, 0.05) is 12.6 Å².